The van der Waals surface area contributed by atoms with Crippen molar-refractivity contribution in [3.05, 3.63) is 24.8 Å². The molecule has 8 rings (SSSR count). The van der Waals surface area contributed by atoms with E-state index in [1.165, 1.54) is 13.8 Å². The summed E-state index contributed by atoms with van der Waals surface area (Å²) in [6.45, 7) is 4.50. The molecule has 2 unspecified atom stereocenters. The van der Waals surface area contributed by atoms with Crippen molar-refractivity contribution in [3.63, 3.8) is 0 Å². The average molecular weight is 1040 g/mol. The first-order valence-electron chi connectivity index (χ1n) is 21.5. The molecule has 5 heterocycles. The first-order valence-corrected chi connectivity index (χ1v) is 27.0. The molecule has 2 saturated carbocycles. The molecule has 2 aromatic rings. The zero-order valence-electron chi connectivity index (χ0n) is 37.3. The number of thioether (sulfide) groups is 1. The lowest BCUT2D eigenvalue weighted by molar-refractivity contribution is -0.169. The van der Waals surface area contributed by atoms with Crippen LogP contribution in [0.2, 0.25) is 0 Å². The number of fused-ring (bicyclic) bond motifs is 1. The molecule has 4 bridgehead atoms. The van der Waals surface area contributed by atoms with Gasteiger partial charge in [0.15, 0.2) is 28.6 Å². The van der Waals surface area contributed by atoms with E-state index < -0.39 is 90.0 Å². The lowest BCUT2D eigenvalue weighted by Gasteiger charge is -2.55. The average Bonchev–Trinajstić information content (AvgIpc) is 3.93. The van der Waals surface area contributed by atoms with Gasteiger partial charge in [-0.1, -0.05) is 38.6 Å². The van der Waals surface area contributed by atoms with Crippen LogP contribution in [0.25, 0.3) is 11.2 Å². The van der Waals surface area contributed by atoms with Crippen LogP contribution in [-0.4, -0.2) is 140 Å². The first kappa shape index (κ1) is 52.7. The van der Waals surface area contributed by atoms with Crippen LogP contribution in [0.5, 0.6) is 0 Å². The lowest BCUT2D eigenvalue weighted by atomic mass is 9.51. The molecule has 10 N–H and O–H groups in total. The minimum absolute atomic E-state index is 0.00159. The summed E-state index contributed by atoms with van der Waals surface area (Å²) < 4.78 is 69.0. The summed E-state index contributed by atoms with van der Waals surface area (Å²) in [5, 5.41) is 26.5. The topological polar surface area (TPSA) is 390 Å². The van der Waals surface area contributed by atoms with Crippen LogP contribution in [0.1, 0.15) is 72.4 Å². The van der Waals surface area contributed by atoms with Crippen molar-refractivity contribution in [2.24, 2.45) is 28.1 Å². The standard InChI is InChI=1S/C38H56N7O19P3S/c1-35(2,17-60-67(57,58)64-66(55,56)59-15-22-28(63-65(52,53)54)27(49)34(61-22)45-19-44-26-31(39)42-18-43-32(26)45)30(50)33(51)41-10-7-24(47)40-11-12-68-25(48)6-8-36(3)23(46)5-9-38-14-20-13-21(29(36)38)62-37(20,4)16-38/h5,9,18-22,27-30,34,49-50H,6-8,10-17H2,1-4H3,(H,40,47)(H,41,51)(H,55,56)(H,57,58)(H2,39,42,43)(H2,52,53,54)/t20-,21+,22-,27-,28-,29+,30+,34-,36-,37+,38+/m1/s1. The minimum Gasteiger partial charge on any atom is -0.386 e. The quantitative estimate of drug-likeness (QED) is 0.0590. The number of aliphatic hydroxyl groups is 2. The molecule has 5 fully saturated rings. The fourth-order valence-corrected chi connectivity index (χ4v) is 13.9. The molecule has 30 heteroatoms. The molecule has 13 atom stereocenters. The van der Waals surface area contributed by atoms with Gasteiger partial charge in [0.25, 0.3) is 0 Å². The maximum Gasteiger partial charge on any atom is 0.481 e. The zero-order valence-corrected chi connectivity index (χ0v) is 40.8. The van der Waals surface area contributed by atoms with E-state index in [-0.39, 0.29) is 82.6 Å². The summed E-state index contributed by atoms with van der Waals surface area (Å²) in [5.74, 6) is -0.697. The van der Waals surface area contributed by atoms with Crippen LogP contribution in [0.3, 0.4) is 0 Å². The van der Waals surface area contributed by atoms with Gasteiger partial charge in [0.05, 0.1) is 31.2 Å². The summed E-state index contributed by atoms with van der Waals surface area (Å²) in [4.78, 5) is 103. The van der Waals surface area contributed by atoms with E-state index in [9.17, 15) is 62.7 Å². The Morgan fingerprint density at radius 3 is 2.49 bits per heavy atom. The summed E-state index contributed by atoms with van der Waals surface area (Å²) >= 11 is 1.05. The number of rotatable bonds is 22. The zero-order chi connectivity index (χ0) is 49.8. The Labute approximate surface area is 393 Å². The molecule has 2 aromatic heterocycles. The summed E-state index contributed by atoms with van der Waals surface area (Å²) in [6, 6.07) is 0. The van der Waals surface area contributed by atoms with Crippen molar-refractivity contribution in [3.8, 4) is 0 Å². The second-order valence-corrected chi connectivity index (χ2v) is 24.3. The van der Waals surface area contributed by atoms with Gasteiger partial charge in [-0.05, 0) is 50.0 Å². The molecule has 378 valence electrons. The predicted octanol–water partition coefficient (Wildman–Crippen LogP) is 1.16. The number of nitrogen functional groups attached to an aromatic ring is 1. The highest BCUT2D eigenvalue weighted by atomic mass is 32.2. The number of phosphoric acid groups is 3. The minimum atomic E-state index is -5.60. The Kier molecular flexibility index (Phi) is 15.1. The number of anilines is 1. The number of phosphoric ester groups is 3. The predicted molar refractivity (Wildman–Crippen MR) is 235 cm³/mol. The Hall–Kier alpha value is -3.07. The van der Waals surface area contributed by atoms with Crippen molar-refractivity contribution in [1.29, 1.82) is 0 Å². The van der Waals surface area contributed by atoms with Gasteiger partial charge < -0.3 is 55.6 Å². The highest BCUT2D eigenvalue weighted by Crippen LogP contribution is 2.71. The third-order valence-electron chi connectivity index (χ3n) is 13.5. The second-order valence-electron chi connectivity index (χ2n) is 18.9. The van der Waals surface area contributed by atoms with E-state index in [4.69, 9.17) is 24.3 Å². The first-order chi connectivity index (χ1) is 31.6. The number of carbonyl (C=O) groups excluding carboxylic acids is 4. The van der Waals surface area contributed by atoms with E-state index in [0.717, 1.165) is 48.2 Å². The van der Waals surface area contributed by atoms with Gasteiger partial charge in [-0.15, -0.1) is 0 Å². The molecule has 2 amide bonds. The molecular formula is C38H56N7O19P3S. The number of nitrogens with zero attached hydrogens (tertiary/aromatic N) is 4. The number of ketones is 1. The summed E-state index contributed by atoms with van der Waals surface area (Å²) in [6.07, 6.45) is 0.193. The van der Waals surface area contributed by atoms with E-state index in [2.05, 4.69) is 47.4 Å². The van der Waals surface area contributed by atoms with Crippen LogP contribution in [0.4, 0.5) is 5.82 Å². The number of ether oxygens (including phenoxy) is 2. The van der Waals surface area contributed by atoms with Gasteiger partial charge in [0.1, 0.15) is 36.3 Å². The molecule has 68 heavy (non-hydrogen) atoms. The maximum atomic E-state index is 13.3. The van der Waals surface area contributed by atoms with Gasteiger partial charge in [-0.25, -0.2) is 28.6 Å². The van der Waals surface area contributed by atoms with Gasteiger partial charge in [0, 0.05) is 48.4 Å². The maximum absolute atomic E-state index is 13.3. The number of carbonyl (C=O) groups is 4. The number of amides is 2. The molecule has 3 aliphatic heterocycles. The molecule has 26 nitrogen and oxygen atoms in total. The molecule has 3 saturated heterocycles. The Bertz CT molecular complexity index is 2480. The summed E-state index contributed by atoms with van der Waals surface area (Å²) in [5.41, 5.74) is 3.31. The normalized spacial score (nSPS) is 33.0. The highest BCUT2D eigenvalue weighted by molar-refractivity contribution is 8.13. The van der Waals surface area contributed by atoms with Gasteiger partial charge >= 0.3 is 23.5 Å². The number of aromatic nitrogens is 4. The molecular weight excluding hydrogens is 983 g/mol. The second kappa shape index (κ2) is 19.5. The smallest absolute Gasteiger partial charge is 0.386 e. The van der Waals surface area contributed by atoms with Crippen LogP contribution in [0.15, 0.2) is 24.8 Å². The monoisotopic (exact) mass is 1040 g/mol. The highest BCUT2D eigenvalue weighted by Gasteiger charge is 2.71. The van der Waals surface area contributed by atoms with Crippen LogP contribution < -0.4 is 16.4 Å². The largest absolute Gasteiger partial charge is 0.481 e. The molecule has 0 radical (unpaired) electrons. The van der Waals surface area contributed by atoms with E-state index in [1.807, 2.05) is 6.92 Å². The van der Waals surface area contributed by atoms with E-state index >= 15 is 0 Å². The number of hydrogen-bond acceptors (Lipinski definition) is 20. The molecule has 6 aliphatic rings. The van der Waals surface area contributed by atoms with Gasteiger partial charge in [-0.3, -0.25) is 37.3 Å². The van der Waals surface area contributed by atoms with Crippen LogP contribution in [-0.2, 0) is 60.2 Å². The Balaban J connectivity index is 0.799. The number of imidazole rings is 1. The third kappa shape index (κ3) is 11.2. The number of allylic oxidation sites excluding steroid dienone is 2. The molecule has 0 aromatic carbocycles. The SMILES string of the molecule is CC(C)(COP(=O)(O)OP(=O)(O)OC[C@H]1O[C@@H](n2cnc3c(N)ncnc32)[C@H](O)[C@@H]1OP(=O)(O)O)[C@@H](O)C(=O)NCCC(=O)NCCSC(=O)CC[C@]1(C)C(=O)C=C[C@]23C[C@H]4C[C@H](O[C@@]4(C)C2)[C@H]31. The molecule has 3 aliphatic carbocycles. The van der Waals surface area contributed by atoms with Crippen molar-refractivity contribution < 1.29 is 90.0 Å². The number of hydrogen-bond donors (Lipinski definition) is 9. The van der Waals surface area contributed by atoms with Crippen molar-refractivity contribution in [2.75, 3.05) is 37.8 Å². The number of nitrogens with two attached hydrogens (primary N) is 1. The van der Waals surface area contributed by atoms with Crippen LogP contribution >= 0.6 is 35.2 Å². The fourth-order valence-electron chi connectivity index (χ4n) is 10.4. The Morgan fingerprint density at radius 1 is 1.06 bits per heavy atom. The lowest BCUT2D eigenvalue weighted by Crippen LogP contribution is -2.56. The van der Waals surface area contributed by atoms with Crippen molar-refractivity contribution >= 4 is 74.9 Å². The third-order valence-corrected chi connectivity index (χ3v) is 17.6. The van der Waals surface area contributed by atoms with Crippen molar-refractivity contribution in [2.45, 2.75) is 109 Å². The fraction of sp³-hybridized carbons (Fsp3) is 0.711. The molecule has 1 spiro atoms. The van der Waals surface area contributed by atoms with Crippen LogP contribution in [0, 0.1) is 28.1 Å². The number of nitrogens with one attached hydrogen (secondary N) is 2. The van der Waals surface area contributed by atoms with Gasteiger partial charge in [0.2, 0.25) is 11.8 Å². The van der Waals surface area contributed by atoms with E-state index in [1.54, 1.807) is 6.08 Å². The van der Waals surface area contributed by atoms with Gasteiger partial charge in [-0.2, -0.15) is 4.31 Å². The van der Waals surface area contributed by atoms with Crippen molar-refractivity contribution in [1.82, 2.24) is 30.2 Å². The number of aliphatic hydroxyl groups excluding tert-OH is 2. The summed E-state index contributed by atoms with van der Waals surface area (Å²) in [7, 11) is -16.5. The van der Waals surface area contributed by atoms with E-state index in [0.29, 0.717) is 12.3 Å². The Morgan fingerprint density at radius 2 is 1.78 bits per heavy atom.